The van der Waals surface area contributed by atoms with E-state index in [0.717, 1.165) is 5.69 Å². The molecule has 3 nitrogen and oxygen atoms in total. The van der Waals surface area contributed by atoms with Crippen LogP contribution in [0.4, 0.5) is 5.69 Å². The molecule has 0 heterocycles. The Balaban J connectivity index is 2.87. The predicted molar refractivity (Wildman–Crippen MR) is 50.3 cm³/mol. The second-order valence-corrected chi connectivity index (χ2v) is 2.71. The fourth-order valence-corrected chi connectivity index (χ4v) is 1.03. The summed E-state index contributed by atoms with van der Waals surface area (Å²) in [5.41, 5.74) is 0.761. The summed E-state index contributed by atoms with van der Waals surface area (Å²) in [4.78, 5) is 10.3. The maximum atomic E-state index is 10.3. The molecule has 0 N–H and O–H groups in total. The van der Waals surface area contributed by atoms with Gasteiger partial charge in [0.05, 0.1) is 11.0 Å². The summed E-state index contributed by atoms with van der Waals surface area (Å²) in [5.74, 6) is 0. The van der Waals surface area contributed by atoms with Gasteiger partial charge in [0, 0.05) is 11.6 Å². The van der Waals surface area contributed by atoms with E-state index < -0.39 is 0 Å². The minimum atomic E-state index is 0.561. The number of halogens is 1. The normalized spacial score (nSPS) is 9.50. The summed E-state index contributed by atoms with van der Waals surface area (Å²) in [5, 5.41) is 4.86. The lowest BCUT2D eigenvalue weighted by Gasteiger charge is -2.11. The quantitative estimate of drug-likeness (QED) is 0.535. The molecule has 0 aromatic heterocycles. The third kappa shape index (κ3) is 1.95. The van der Waals surface area contributed by atoms with Crippen molar-refractivity contribution in [2.75, 3.05) is 11.6 Å². The molecular formula is C8H9ClN2O. The van der Waals surface area contributed by atoms with E-state index in [1.54, 1.807) is 24.3 Å². The van der Waals surface area contributed by atoms with Gasteiger partial charge in [-0.2, -0.15) is 0 Å². The standard InChI is InChI=1S/C8H9ClN2O/c1-2-11(10-12)8-5-3-7(9)4-6-8/h3-6H,2H2,1H3. The van der Waals surface area contributed by atoms with Gasteiger partial charge in [-0.15, -0.1) is 4.91 Å². The summed E-state index contributed by atoms with van der Waals surface area (Å²) in [7, 11) is 0. The van der Waals surface area contributed by atoms with Crippen LogP contribution in [-0.2, 0) is 0 Å². The molecule has 0 aliphatic rings. The molecule has 0 aliphatic carbocycles. The Kier molecular flexibility index (Phi) is 3.05. The molecule has 0 fully saturated rings. The van der Waals surface area contributed by atoms with Gasteiger partial charge in [-0.25, -0.2) is 5.01 Å². The van der Waals surface area contributed by atoms with Crippen LogP contribution in [0, 0.1) is 4.91 Å². The third-order valence-corrected chi connectivity index (χ3v) is 1.77. The zero-order valence-corrected chi connectivity index (χ0v) is 7.45. The van der Waals surface area contributed by atoms with Gasteiger partial charge in [0.1, 0.15) is 0 Å². The molecule has 64 valence electrons. The van der Waals surface area contributed by atoms with E-state index >= 15 is 0 Å². The van der Waals surface area contributed by atoms with Gasteiger partial charge < -0.3 is 0 Å². The van der Waals surface area contributed by atoms with Crippen molar-refractivity contribution in [3.63, 3.8) is 0 Å². The summed E-state index contributed by atoms with van der Waals surface area (Å²) in [6, 6.07) is 6.97. The molecule has 0 amide bonds. The monoisotopic (exact) mass is 184 g/mol. The molecule has 0 aliphatic heterocycles. The van der Waals surface area contributed by atoms with E-state index in [-0.39, 0.29) is 0 Å². The van der Waals surface area contributed by atoms with Crippen molar-refractivity contribution in [3.8, 4) is 0 Å². The van der Waals surface area contributed by atoms with Crippen LogP contribution in [-0.4, -0.2) is 6.54 Å². The van der Waals surface area contributed by atoms with Gasteiger partial charge in [0.25, 0.3) is 0 Å². The molecule has 1 rings (SSSR count). The maximum Gasteiger partial charge on any atom is 0.0627 e. The summed E-state index contributed by atoms with van der Waals surface area (Å²) < 4.78 is 0. The highest BCUT2D eigenvalue weighted by Gasteiger charge is 2.01. The SMILES string of the molecule is CCN(N=O)c1ccc(Cl)cc1. The van der Waals surface area contributed by atoms with Crippen molar-refractivity contribution in [1.29, 1.82) is 0 Å². The molecule has 0 atom stereocenters. The number of anilines is 1. The van der Waals surface area contributed by atoms with Gasteiger partial charge in [0.2, 0.25) is 0 Å². The van der Waals surface area contributed by atoms with Crippen LogP contribution < -0.4 is 5.01 Å². The number of benzene rings is 1. The van der Waals surface area contributed by atoms with Gasteiger partial charge in [-0.05, 0) is 31.2 Å². The number of hydrogen-bond acceptors (Lipinski definition) is 2. The Bertz CT molecular complexity index is 260. The second kappa shape index (κ2) is 4.07. The van der Waals surface area contributed by atoms with Gasteiger partial charge in [0.15, 0.2) is 0 Å². The highest BCUT2D eigenvalue weighted by Crippen LogP contribution is 2.17. The van der Waals surface area contributed by atoms with Crippen LogP contribution in [0.3, 0.4) is 0 Å². The molecule has 0 unspecified atom stereocenters. The highest BCUT2D eigenvalue weighted by atomic mass is 35.5. The Morgan fingerprint density at radius 1 is 1.42 bits per heavy atom. The average Bonchev–Trinajstić information content (AvgIpc) is 2.10. The topological polar surface area (TPSA) is 32.7 Å². The highest BCUT2D eigenvalue weighted by molar-refractivity contribution is 6.30. The molecule has 12 heavy (non-hydrogen) atoms. The second-order valence-electron chi connectivity index (χ2n) is 2.27. The van der Waals surface area contributed by atoms with Crippen LogP contribution in [0.1, 0.15) is 6.92 Å². The molecule has 0 bridgehead atoms. The minimum absolute atomic E-state index is 0.561. The van der Waals surface area contributed by atoms with Crippen LogP contribution in [0.15, 0.2) is 29.6 Å². The Labute approximate surface area is 75.9 Å². The first-order valence-corrected chi connectivity index (χ1v) is 4.02. The lowest BCUT2D eigenvalue weighted by atomic mass is 10.3. The largest absolute Gasteiger partial charge is 0.230 e. The van der Waals surface area contributed by atoms with Gasteiger partial charge >= 0.3 is 0 Å². The first kappa shape index (κ1) is 9.00. The molecule has 1 aromatic carbocycles. The minimum Gasteiger partial charge on any atom is -0.230 e. The van der Waals surface area contributed by atoms with Crippen molar-refractivity contribution in [3.05, 3.63) is 34.2 Å². The lowest BCUT2D eigenvalue weighted by molar-refractivity contribution is 0.885. The van der Waals surface area contributed by atoms with Crippen molar-refractivity contribution < 1.29 is 0 Å². The first-order chi connectivity index (χ1) is 5.77. The van der Waals surface area contributed by atoms with E-state index in [4.69, 9.17) is 11.6 Å². The number of nitroso groups, excluding NO2 is 1. The first-order valence-electron chi connectivity index (χ1n) is 3.64. The zero-order valence-electron chi connectivity index (χ0n) is 6.70. The molecule has 0 saturated carbocycles. The molecule has 0 spiro atoms. The molecule has 0 saturated heterocycles. The van der Waals surface area contributed by atoms with E-state index in [9.17, 15) is 4.91 Å². The van der Waals surface area contributed by atoms with Crippen LogP contribution in [0.5, 0.6) is 0 Å². The lowest BCUT2D eigenvalue weighted by Crippen LogP contribution is -2.13. The third-order valence-electron chi connectivity index (χ3n) is 1.52. The zero-order chi connectivity index (χ0) is 8.97. The van der Waals surface area contributed by atoms with E-state index in [1.165, 1.54) is 5.01 Å². The van der Waals surface area contributed by atoms with Crippen LogP contribution in [0.2, 0.25) is 5.02 Å². The van der Waals surface area contributed by atoms with Crippen molar-refractivity contribution in [2.24, 2.45) is 5.29 Å². The average molecular weight is 185 g/mol. The Hall–Kier alpha value is -1.09. The van der Waals surface area contributed by atoms with E-state index in [2.05, 4.69) is 5.29 Å². The Morgan fingerprint density at radius 2 is 2.00 bits per heavy atom. The summed E-state index contributed by atoms with van der Waals surface area (Å²) >= 11 is 5.68. The van der Waals surface area contributed by atoms with E-state index in [0.29, 0.717) is 11.6 Å². The van der Waals surface area contributed by atoms with Crippen LogP contribution in [0.25, 0.3) is 0 Å². The fourth-order valence-electron chi connectivity index (χ4n) is 0.901. The van der Waals surface area contributed by atoms with Crippen molar-refractivity contribution >= 4 is 17.3 Å². The molecular weight excluding hydrogens is 176 g/mol. The fraction of sp³-hybridized carbons (Fsp3) is 0.250. The Morgan fingerprint density at radius 3 is 2.42 bits per heavy atom. The smallest absolute Gasteiger partial charge is 0.0627 e. The van der Waals surface area contributed by atoms with E-state index in [1.807, 2.05) is 6.92 Å². The summed E-state index contributed by atoms with van der Waals surface area (Å²) in [6.07, 6.45) is 0. The number of rotatable bonds is 3. The number of nitrogens with zero attached hydrogens (tertiary/aromatic N) is 2. The summed E-state index contributed by atoms with van der Waals surface area (Å²) in [6.45, 7) is 2.42. The molecule has 0 radical (unpaired) electrons. The number of hydrogen-bond donors (Lipinski definition) is 0. The van der Waals surface area contributed by atoms with Crippen molar-refractivity contribution in [1.82, 2.24) is 0 Å². The molecule has 4 heteroatoms. The maximum absolute atomic E-state index is 10.3. The molecule has 1 aromatic rings. The van der Waals surface area contributed by atoms with Crippen LogP contribution >= 0.6 is 11.6 Å². The van der Waals surface area contributed by atoms with Gasteiger partial charge in [-0.3, -0.25) is 0 Å². The van der Waals surface area contributed by atoms with Crippen molar-refractivity contribution in [2.45, 2.75) is 6.92 Å². The van der Waals surface area contributed by atoms with Gasteiger partial charge in [-0.1, -0.05) is 11.6 Å². The predicted octanol–water partition coefficient (Wildman–Crippen LogP) is 2.85.